The Balaban J connectivity index is 2.54. The summed E-state index contributed by atoms with van der Waals surface area (Å²) in [6, 6.07) is 9.91. The average Bonchev–Trinajstić information content (AvgIpc) is 2.27. The van der Waals surface area contributed by atoms with Gasteiger partial charge in [0.15, 0.2) is 5.78 Å². The number of rotatable bonds is 6. The van der Waals surface area contributed by atoms with Crippen molar-refractivity contribution in [1.29, 1.82) is 0 Å². The molecule has 0 fully saturated rings. The molecule has 1 N–H and O–H groups in total. The fourth-order valence-electron chi connectivity index (χ4n) is 1.68. The van der Waals surface area contributed by atoms with E-state index in [-0.39, 0.29) is 11.8 Å². The van der Waals surface area contributed by atoms with E-state index in [0.717, 1.165) is 18.4 Å². The Labute approximate surface area is 91.7 Å². The summed E-state index contributed by atoms with van der Waals surface area (Å²) >= 11 is 0. The molecule has 0 heterocycles. The molecule has 0 spiro atoms. The lowest BCUT2D eigenvalue weighted by Gasteiger charge is -2.13. The summed E-state index contributed by atoms with van der Waals surface area (Å²) in [5.74, 6) is 0.283. The quantitative estimate of drug-likeness (QED) is 0.771. The van der Waals surface area contributed by atoms with Crippen molar-refractivity contribution in [3.05, 3.63) is 35.9 Å². The van der Waals surface area contributed by atoms with Crippen molar-refractivity contribution >= 4 is 5.78 Å². The molecule has 15 heavy (non-hydrogen) atoms. The van der Waals surface area contributed by atoms with Crippen LogP contribution >= 0.6 is 0 Å². The van der Waals surface area contributed by atoms with Crippen LogP contribution in [0.4, 0.5) is 0 Å². The van der Waals surface area contributed by atoms with E-state index in [9.17, 15) is 4.79 Å². The third kappa shape index (κ3) is 3.84. The molecule has 0 amide bonds. The molecule has 2 heteroatoms. The number of likely N-dealkylation sites (N-methyl/N-ethyl adjacent to an activating group) is 1. The third-order valence-electron chi connectivity index (χ3n) is 2.54. The van der Waals surface area contributed by atoms with E-state index in [4.69, 9.17) is 0 Å². The fraction of sp³-hybridized carbons (Fsp3) is 0.462. The van der Waals surface area contributed by atoms with Crippen LogP contribution < -0.4 is 5.32 Å². The van der Waals surface area contributed by atoms with Crippen LogP contribution in [0.3, 0.4) is 0 Å². The number of carbonyl (C=O) groups excluding carboxylic acids is 1. The van der Waals surface area contributed by atoms with Crippen molar-refractivity contribution in [2.75, 3.05) is 7.05 Å². The molecule has 1 unspecified atom stereocenters. The first-order valence-electron chi connectivity index (χ1n) is 5.51. The highest BCUT2D eigenvalue weighted by Gasteiger charge is 2.14. The summed E-state index contributed by atoms with van der Waals surface area (Å²) in [7, 11) is 1.85. The molecule has 1 rings (SSSR count). The van der Waals surface area contributed by atoms with Gasteiger partial charge in [-0.1, -0.05) is 43.7 Å². The standard InChI is InChI=1S/C13H19NO/c1-3-7-12(14-2)13(15)10-11-8-5-4-6-9-11/h4-6,8-9,12,14H,3,7,10H2,1-2H3. The minimum atomic E-state index is 0.00945. The van der Waals surface area contributed by atoms with Crippen LogP contribution in [0.15, 0.2) is 30.3 Å². The van der Waals surface area contributed by atoms with Crippen molar-refractivity contribution in [3.63, 3.8) is 0 Å². The molecule has 0 bridgehead atoms. The smallest absolute Gasteiger partial charge is 0.154 e. The molecule has 1 aromatic rings. The van der Waals surface area contributed by atoms with Crippen LogP contribution in [-0.2, 0) is 11.2 Å². The SMILES string of the molecule is CCCC(NC)C(=O)Cc1ccccc1. The van der Waals surface area contributed by atoms with Gasteiger partial charge in [-0.05, 0) is 19.0 Å². The van der Waals surface area contributed by atoms with Crippen molar-refractivity contribution in [3.8, 4) is 0 Å². The molecule has 0 aliphatic heterocycles. The first-order valence-corrected chi connectivity index (χ1v) is 5.51. The number of hydrogen-bond donors (Lipinski definition) is 1. The Bertz CT molecular complexity index is 295. The lowest BCUT2D eigenvalue weighted by molar-refractivity contribution is -0.120. The molecule has 1 atom stereocenters. The van der Waals surface area contributed by atoms with E-state index >= 15 is 0 Å². The Kier molecular flexibility index (Phi) is 5.05. The highest BCUT2D eigenvalue weighted by molar-refractivity contribution is 5.86. The zero-order valence-electron chi connectivity index (χ0n) is 9.49. The van der Waals surface area contributed by atoms with Gasteiger partial charge in [0.1, 0.15) is 0 Å². The molecule has 0 aliphatic rings. The van der Waals surface area contributed by atoms with Crippen LogP contribution in [0.5, 0.6) is 0 Å². The van der Waals surface area contributed by atoms with E-state index in [1.807, 2.05) is 37.4 Å². The molecule has 1 aromatic carbocycles. The average molecular weight is 205 g/mol. The van der Waals surface area contributed by atoms with Gasteiger partial charge in [-0.2, -0.15) is 0 Å². The van der Waals surface area contributed by atoms with Crippen molar-refractivity contribution in [2.24, 2.45) is 0 Å². The highest BCUT2D eigenvalue weighted by atomic mass is 16.1. The molecule has 0 saturated heterocycles. The summed E-state index contributed by atoms with van der Waals surface area (Å²) in [6.45, 7) is 2.10. The summed E-state index contributed by atoms with van der Waals surface area (Å²) < 4.78 is 0. The topological polar surface area (TPSA) is 29.1 Å². The maximum atomic E-state index is 11.9. The highest BCUT2D eigenvalue weighted by Crippen LogP contribution is 2.05. The summed E-state index contributed by atoms with van der Waals surface area (Å²) in [4.78, 5) is 11.9. The van der Waals surface area contributed by atoms with Crippen molar-refractivity contribution in [1.82, 2.24) is 5.32 Å². The van der Waals surface area contributed by atoms with E-state index in [1.54, 1.807) is 0 Å². The first kappa shape index (κ1) is 11.9. The molecule has 0 aliphatic carbocycles. The second-order valence-electron chi connectivity index (χ2n) is 3.76. The lowest BCUT2D eigenvalue weighted by atomic mass is 10.0. The molecule has 0 aromatic heterocycles. The van der Waals surface area contributed by atoms with Gasteiger partial charge in [0.05, 0.1) is 6.04 Å². The predicted molar refractivity (Wildman–Crippen MR) is 62.9 cm³/mol. The minimum Gasteiger partial charge on any atom is -0.311 e. The summed E-state index contributed by atoms with van der Waals surface area (Å²) in [5, 5.41) is 3.07. The van der Waals surface area contributed by atoms with Crippen molar-refractivity contribution in [2.45, 2.75) is 32.2 Å². The molecule has 0 radical (unpaired) electrons. The van der Waals surface area contributed by atoms with E-state index in [0.29, 0.717) is 6.42 Å². The van der Waals surface area contributed by atoms with Crippen LogP contribution in [0.2, 0.25) is 0 Å². The number of Topliss-reactive ketones (excluding diaryl/α,β-unsaturated/α-hetero) is 1. The molecular weight excluding hydrogens is 186 g/mol. The van der Waals surface area contributed by atoms with E-state index in [1.165, 1.54) is 0 Å². The van der Waals surface area contributed by atoms with Gasteiger partial charge in [-0.25, -0.2) is 0 Å². The number of ketones is 1. The van der Waals surface area contributed by atoms with Gasteiger partial charge in [-0.3, -0.25) is 4.79 Å². The van der Waals surface area contributed by atoms with Gasteiger partial charge in [0, 0.05) is 6.42 Å². The van der Waals surface area contributed by atoms with Crippen LogP contribution in [0, 0.1) is 0 Å². The molecule has 2 nitrogen and oxygen atoms in total. The third-order valence-corrected chi connectivity index (χ3v) is 2.54. The second-order valence-corrected chi connectivity index (χ2v) is 3.76. The molecule has 82 valence electrons. The maximum absolute atomic E-state index is 11.9. The van der Waals surface area contributed by atoms with E-state index in [2.05, 4.69) is 12.2 Å². The monoisotopic (exact) mass is 205 g/mol. The predicted octanol–water partition coefficient (Wildman–Crippen LogP) is 2.19. The zero-order chi connectivity index (χ0) is 11.1. The Hall–Kier alpha value is -1.15. The van der Waals surface area contributed by atoms with Crippen molar-refractivity contribution < 1.29 is 4.79 Å². The molecular formula is C13H19NO. The normalized spacial score (nSPS) is 12.4. The summed E-state index contributed by atoms with van der Waals surface area (Å²) in [5.41, 5.74) is 1.10. The van der Waals surface area contributed by atoms with Gasteiger partial charge in [0.25, 0.3) is 0 Å². The Morgan fingerprint density at radius 3 is 2.53 bits per heavy atom. The number of nitrogens with one attached hydrogen (secondary N) is 1. The Morgan fingerprint density at radius 2 is 2.00 bits per heavy atom. The van der Waals surface area contributed by atoms with Crippen LogP contribution in [-0.4, -0.2) is 18.9 Å². The zero-order valence-corrected chi connectivity index (χ0v) is 9.49. The number of carbonyl (C=O) groups is 1. The van der Waals surface area contributed by atoms with Gasteiger partial charge < -0.3 is 5.32 Å². The summed E-state index contributed by atoms with van der Waals surface area (Å²) in [6.07, 6.45) is 2.49. The Morgan fingerprint density at radius 1 is 1.33 bits per heavy atom. The lowest BCUT2D eigenvalue weighted by Crippen LogP contribution is -2.34. The van der Waals surface area contributed by atoms with Crippen LogP contribution in [0.25, 0.3) is 0 Å². The molecule has 0 saturated carbocycles. The van der Waals surface area contributed by atoms with Gasteiger partial charge in [0.2, 0.25) is 0 Å². The maximum Gasteiger partial charge on any atom is 0.154 e. The largest absolute Gasteiger partial charge is 0.311 e. The number of hydrogen-bond acceptors (Lipinski definition) is 2. The van der Waals surface area contributed by atoms with Crippen LogP contribution in [0.1, 0.15) is 25.3 Å². The minimum absolute atomic E-state index is 0.00945. The van der Waals surface area contributed by atoms with Gasteiger partial charge in [-0.15, -0.1) is 0 Å². The number of benzene rings is 1. The first-order chi connectivity index (χ1) is 7.27. The second kappa shape index (κ2) is 6.36. The van der Waals surface area contributed by atoms with Gasteiger partial charge >= 0.3 is 0 Å². The van der Waals surface area contributed by atoms with E-state index < -0.39 is 0 Å². The fourth-order valence-corrected chi connectivity index (χ4v) is 1.68.